The van der Waals surface area contributed by atoms with Gasteiger partial charge in [-0.3, -0.25) is 4.79 Å². The molecular formula is C29H37NO5. The van der Waals surface area contributed by atoms with E-state index in [1.165, 1.54) is 0 Å². The maximum absolute atomic E-state index is 13.1. The summed E-state index contributed by atoms with van der Waals surface area (Å²) >= 11 is 0. The lowest BCUT2D eigenvalue weighted by molar-refractivity contribution is -0.117. The highest BCUT2D eigenvalue weighted by Gasteiger charge is 2.36. The molecule has 6 nitrogen and oxygen atoms in total. The van der Waals surface area contributed by atoms with Crippen molar-refractivity contribution < 1.29 is 23.8 Å². The zero-order valence-corrected chi connectivity index (χ0v) is 21.6. The zero-order chi connectivity index (χ0) is 25.6. The Bertz CT molecular complexity index is 1050. The lowest BCUT2D eigenvalue weighted by Gasteiger charge is -2.38. The molecule has 1 amide bonds. The van der Waals surface area contributed by atoms with Crippen molar-refractivity contribution in [3.8, 4) is 11.5 Å². The minimum Gasteiger partial charge on any atom is -0.493 e. The smallest absolute Gasteiger partial charge is 0.410 e. The van der Waals surface area contributed by atoms with E-state index in [2.05, 4.69) is 6.58 Å². The van der Waals surface area contributed by atoms with Crippen LogP contribution in [0, 0.1) is 0 Å². The number of ether oxygens (including phenoxy) is 3. The van der Waals surface area contributed by atoms with Gasteiger partial charge in [0.2, 0.25) is 0 Å². The number of ketones is 1. The molecule has 3 rings (SSSR count). The molecule has 1 atom stereocenters. The van der Waals surface area contributed by atoms with Crippen molar-refractivity contribution in [1.82, 2.24) is 4.90 Å². The van der Waals surface area contributed by atoms with Crippen LogP contribution in [0.1, 0.15) is 69.7 Å². The Balaban J connectivity index is 1.94. The van der Waals surface area contributed by atoms with Gasteiger partial charge < -0.3 is 19.1 Å². The number of amides is 1. The van der Waals surface area contributed by atoms with E-state index in [4.69, 9.17) is 14.2 Å². The number of hydrogen-bond donors (Lipinski definition) is 0. The molecule has 0 spiro atoms. The molecule has 1 aliphatic heterocycles. The molecular weight excluding hydrogens is 442 g/mol. The summed E-state index contributed by atoms with van der Waals surface area (Å²) in [5.74, 6) is 1.17. The topological polar surface area (TPSA) is 65.1 Å². The van der Waals surface area contributed by atoms with Crippen LogP contribution in [0.25, 0.3) is 0 Å². The van der Waals surface area contributed by atoms with Crippen molar-refractivity contribution in [3.05, 3.63) is 71.3 Å². The third kappa shape index (κ3) is 6.87. The molecule has 6 heteroatoms. The predicted molar refractivity (Wildman–Crippen MR) is 137 cm³/mol. The second-order valence-corrected chi connectivity index (χ2v) is 9.90. The Morgan fingerprint density at radius 3 is 2.46 bits per heavy atom. The predicted octanol–water partition coefficient (Wildman–Crippen LogP) is 6.42. The summed E-state index contributed by atoms with van der Waals surface area (Å²) in [5.41, 5.74) is 2.92. The third-order valence-corrected chi connectivity index (χ3v) is 5.97. The van der Waals surface area contributed by atoms with Crippen molar-refractivity contribution in [2.45, 2.75) is 71.6 Å². The van der Waals surface area contributed by atoms with Gasteiger partial charge in [-0.05, 0) is 68.0 Å². The zero-order valence-electron chi connectivity index (χ0n) is 21.6. The van der Waals surface area contributed by atoms with Crippen molar-refractivity contribution in [3.63, 3.8) is 0 Å². The number of rotatable bonds is 9. The first-order valence-electron chi connectivity index (χ1n) is 12.2. The Morgan fingerprint density at radius 1 is 1.11 bits per heavy atom. The molecule has 0 N–H and O–H groups in total. The monoisotopic (exact) mass is 479 g/mol. The fraction of sp³-hybridized carbons (Fsp3) is 0.448. The van der Waals surface area contributed by atoms with Gasteiger partial charge in [0.15, 0.2) is 17.3 Å². The quantitative estimate of drug-likeness (QED) is 0.388. The largest absolute Gasteiger partial charge is 0.493 e. The molecule has 0 radical (unpaired) electrons. The summed E-state index contributed by atoms with van der Waals surface area (Å²) in [6.07, 6.45) is 1.84. The van der Waals surface area contributed by atoms with Gasteiger partial charge in [0.25, 0.3) is 0 Å². The molecule has 0 fully saturated rings. The van der Waals surface area contributed by atoms with Crippen LogP contribution in [0.15, 0.2) is 54.6 Å². The second-order valence-electron chi connectivity index (χ2n) is 9.90. The Kier molecular flexibility index (Phi) is 8.60. The maximum atomic E-state index is 13.1. The van der Waals surface area contributed by atoms with E-state index >= 15 is 0 Å². The van der Waals surface area contributed by atoms with E-state index in [1.54, 1.807) is 12.0 Å². The number of carbonyl (C=O) groups is 2. The minimum absolute atomic E-state index is 0.0402. The van der Waals surface area contributed by atoms with Crippen molar-refractivity contribution in [2.24, 2.45) is 0 Å². The number of fused-ring (bicyclic) bond motifs is 1. The lowest BCUT2D eigenvalue weighted by atomic mass is 9.88. The van der Waals surface area contributed by atoms with Gasteiger partial charge in [0.05, 0.1) is 13.2 Å². The molecule has 35 heavy (non-hydrogen) atoms. The number of allylic oxidation sites excluding steroid dienone is 1. The molecule has 0 aromatic heterocycles. The van der Waals surface area contributed by atoms with Gasteiger partial charge in [-0.25, -0.2) is 4.79 Å². The van der Waals surface area contributed by atoms with Gasteiger partial charge in [-0.1, -0.05) is 50.3 Å². The summed E-state index contributed by atoms with van der Waals surface area (Å²) < 4.78 is 17.4. The van der Waals surface area contributed by atoms with Crippen LogP contribution in [-0.2, 0) is 22.6 Å². The highest BCUT2D eigenvalue weighted by atomic mass is 16.6. The first-order chi connectivity index (χ1) is 16.6. The first kappa shape index (κ1) is 26.3. The lowest BCUT2D eigenvalue weighted by Crippen LogP contribution is -2.43. The van der Waals surface area contributed by atoms with Crippen LogP contribution < -0.4 is 9.47 Å². The van der Waals surface area contributed by atoms with E-state index in [9.17, 15) is 9.59 Å². The number of carbonyl (C=O) groups excluding carboxylic acids is 2. The van der Waals surface area contributed by atoms with Crippen molar-refractivity contribution in [1.29, 1.82) is 0 Å². The summed E-state index contributed by atoms with van der Waals surface area (Å²) in [6, 6.07) is 13.3. The number of methoxy groups -OCH3 is 1. The Hall–Kier alpha value is -3.28. The average molecular weight is 480 g/mol. The SMILES string of the molecule is C=C(CCC)C(=O)CC1c2cc(OC)c(OCc3ccccc3)cc2CCN1C(=O)OC(C)(C)C. The van der Waals surface area contributed by atoms with Crippen LogP contribution in [0.4, 0.5) is 4.79 Å². The van der Waals surface area contributed by atoms with Gasteiger partial charge in [0.1, 0.15) is 12.2 Å². The normalized spacial score (nSPS) is 15.2. The molecule has 2 aromatic rings. The van der Waals surface area contributed by atoms with Crippen LogP contribution in [0.3, 0.4) is 0 Å². The standard InChI is InChI=1S/C29H37NO5/c1-7-11-20(2)25(31)18-24-23-17-26(33-6)27(34-19-21-12-9-8-10-13-21)16-22(23)14-15-30(24)28(32)35-29(3,4)5/h8-10,12-13,16-17,24H,2,7,11,14-15,18-19H2,1,3-6H3. The van der Waals surface area contributed by atoms with Crippen LogP contribution in [0.5, 0.6) is 11.5 Å². The third-order valence-electron chi connectivity index (χ3n) is 5.97. The van der Waals surface area contributed by atoms with E-state index in [0.717, 1.165) is 23.1 Å². The average Bonchev–Trinajstić information content (AvgIpc) is 2.81. The molecule has 0 saturated carbocycles. The minimum atomic E-state index is -0.634. The molecule has 1 aliphatic rings. The van der Waals surface area contributed by atoms with Crippen molar-refractivity contribution in [2.75, 3.05) is 13.7 Å². The molecule has 0 bridgehead atoms. The molecule has 188 valence electrons. The molecule has 1 heterocycles. The van der Waals surface area contributed by atoms with E-state index in [0.29, 0.717) is 43.1 Å². The van der Waals surface area contributed by atoms with E-state index in [1.807, 2.05) is 70.2 Å². The van der Waals surface area contributed by atoms with E-state index in [-0.39, 0.29) is 12.2 Å². The fourth-order valence-corrected chi connectivity index (χ4v) is 4.24. The molecule has 1 unspecified atom stereocenters. The van der Waals surface area contributed by atoms with Crippen LogP contribution in [0.2, 0.25) is 0 Å². The van der Waals surface area contributed by atoms with Crippen LogP contribution in [-0.4, -0.2) is 36.0 Å². The fourth-order valence-electron chi connectivity index (χ4n) is 4.24. The van der Waals surface area contributed by atoms with Gasteiger partial charge in [-0.2, -0.15) is 0 Å². The number of Topliss-reactive ketones (excluding diaryl/α,β-unsaturated/α-hetero) is 1. The van der Waals surface area contributed by atoms with Gasteiger partial charge in [-0.15, -0.1) is 0 Å². The summed E-state index contributed by atoms with van der Waals surface area (Å²) in [6.45, 7) is 12.4. The van der Waals surface area contributed by atoms with Crippen molar-refractivity contribution >= 4 is 11.9 Å². The summed E-state index contributed by atoms with van der Waals surface area (Å²) in [4.78, 5) is 27.8. The summed E-state index contributed by atoms with van der Waals surface area (Å²) in [7, 11) is 1.59. The molecule has 0 saturated heterocycles. The second kappa shape index (κ2) is 11.4. The molecule has 2 aromatic carbocycles. The van der Waals surface area contributed by atoms with E-state index < -0.39 is 17.7 Å². The number of nitrogens with zero attached hydrogens (tertiary/aromatic N) is 1. The Morgan fingerprint density at radius 2 is 1.83 bits per heavy atom. The highest BCUT2D eigenvalue weighted by Crippen LogP contribution is 2.41. The maximum Gasteiger partial charge on any atom is 0.410 e. The van der Waals surface area contributed by atoms with Gasteiger partial charge >= 0.3 is 6.09 Å². The number of benzene rings is 2. The first-order valence-corrected chi connectivity index (χ1v) is 12.2. The Labute approximate surface area is 208 Å². The molecule has 0 aliphatic carbocycles. The van der Waals surface area contributed by atoms with Gasteiger partial charge in [0, 0.05) is 13.0 Å². The van der Waals surface area contributed by atoms with Crippen LogP contribution >= 0.6 is 0 Å². The highest BCUT2D eigenvalue weighted by molar-refractivity contribution is 5.95. The summed E-state index contributed by atoms with van der Waals surface area (Å²) in [5, 5.41) is 0. The number of hydrogen-bond acceptors (Lipinski definition) is 5.